The predicted molar refractivity (Wildman–Crippen MR) is 65.0 cm³/mol. The summed E-state index contributed by atoms with van der Waals surface area (Å²) in [5.74, 6) is -0.00927. The number of amides is 1. The number of hydrogen-bond acceptors (Lipinski definition) is 3. The number of rotatable bonds is 4. The Bertz CT molecular complexity index is 392. The van der Waals surface area contributed by atoms with E-state index >= 15 is 0 Å². The van der Waals surface area contributed by atoms with Gasteiger partial charge in [-0.1, -0.05) is 19.9 Å². The van der Waals surface area contributed by atoms with Gasteiger partial charge < -0.3 is 5.32 Å². The molecule has 0 fully saturated rings. The summed E-state index contributed by atoms with van der Waals surface area (Å²) in [6, 6.07) is 6.00. The maximum atomic E-state index is 11.7. The Morgan fingerprint density at radius 2 is 2.38 bits per heavy atom. The molecule has 0 unspecified atom stereocenters. The lowest BCUT2D eigenvalue weighted by Crippen LogP contribution is -2.49. The quantitative estimate of drug-likeness (QED) is 0.872. The van der Waals surface area contributed by atoms with E-state index in [1.54, 1.807) is 18.3 Å². The summed E-state index contributed by atoms with van der Waals surface area (Å²) in [5, 5.41) is 13.8. The molecule has 0 spiro atoms. The summed E-state index contributed by atoms with van der Waals surface area (Å²) in [4.78, 5) is 12.7. The van der Waals surface area contributed by atoms with Crippen molar-refractivity contribution in [3.05, 3.63) is 22.4 Å². The fourth-order valence-electron chi connectivity index (χ4n) is 1.21. The van der Waals surface area contributed by atoms with Crippen LogP contribution in [0.2, 0.25) is 0 Å². The number of nitrogens with one attached hydrogen (secondary N) is 1. The standard InChI is InChI=1S/C12H16N2OS/c1-9(2)12(3,8-13)14-11(15)7-10-5-4-6-16-10/h4-6,9H,7H2,1-3H3,(H,14,15)/t12-/m1/s1. The van der Waals surface area contributed by atoms with E-state index in [1.165, 1.54) is 0 Å². The van der Waals surface area contributed by atoms with Gasteiger partial charge in [-0.25, -0.2) is 0 Å². The van der Waals surface area contributed by atoms with Crippen molar-refractivity contribution in [3.63, 3.8) is 0 Å². The molecule has 0 aliphatic rings. The summed E-state index contributed by atoms with van der Waals surface area (Å²) < 4.78 is 0. The molecule has 1 heterocycles. The maximum absolute atomic E-state index is 11.7. The molecule has 1 N–H and O–H groups in total. The molecule has 86 valence electrons. The fraction of sp³-hybridized carbons (Fsp3) is 0.500. The summed E-state index contributed by atoms with van der Waals surface area (Å²) in [6.07, 6.45) is 0.349. The van der Waals surface area contributed by atoms with E-state index < -0.39 is 5.54 Å². The zero-order valence-corrected chi connectivity index (χ0v) is 10.6. The third-order valence-electron chi connectivity index (χ3n) is 2.70. The van der Waals surface area contributed by atoms with Gasteiger partial charge in [0.15, 0.2) is 0 Å². The van der Waals surface area contributed by atoms with Crippen molar-refractivity contribution < 1.29 is 4.79 Å². The minimum atomic E-state index is -0.783. The van der Waals surface area contributed by atoms with Crippen LogP contribution in [0.1, 0.15) is 25.6 Å². The van der Waals surface area contributed by atoms with Crippen molar-refractivity contribution in [1.29, 1.82) is 5.26 Å². The Morgan fingerprint density at radius 1 is 1.69 bits per heavy atom. The van der Waals surface area contributed by atoms with Crippen molar-refractivity contribution >= 4 is 17.2 Å². The van der Waals surface area contributed by atoms with E-state index in [-0.39, 0.29) is 11.8 Å². The van der Waals surface area contributed by atoms with Crippen LogP contribution in [-0.4, -0.2) is 11.4 Å². The molecule has 1 amide bonds. The Morgan fingerprint density at radius 3 is 2.81 bits per heavy atom. The lowest BCUT2D eigenvalue weighted by atomic mass is 9.90. The van der Waals surface area contributed by atoms with E-state index in [0.717, 1.165) is 4.88 Å². The molecular formula is C12H16N2OS. The third kappa shape index (κ3) is 3.07. The van der Waals surface area contributed by atoms with Crippen molar-refractivity contribution in [2.45, 2.75) is 32.7 Å². The third-order valence-corrected chi connectivity index (χ3v) is 3.58. The smallest absolute Gasteiger partial charge is 0.226 e. The molecule has 0 aromatic carbocycles. The summed E-state index contributed by atoms with van der Waals surface area (Å²) in [5.41, 5.74) is -0.783. The van der Waals surface area contributed by atoms with Crippen LogP contribution in [0.5, 0.6) is 0 Å². The molecule has 1 aromatic heterocycles. The number of nitrogens with zero attached hydrogens (tertiary/aromatic N) is 1. The molecule has 3 nitrogen and oxygen atoms in total. The van der Waals surface area contributed by atoms with Gasteiger partial charge in [-0.05, 0) is 24.3 Å². The minimum absolute atomic E-state index is 0.0878. The number of nitriles is 1. The molecule has 0 aliphatic carbocycles. The number of thiophene rings is 1. The van der Waals surface area contributed by atoms with Gasteiger partial charge in [0, 0.05) is 4.88 Å². The number of hydrogen-bond donors (Lipinski definition) is 1. The maximum Gasteiger partial charge on any atom is 0.226 e. The van der Waals surface area contributed by atoms with Gasteiger partial charge in [0.1, 0.15) is 5.54 Å². The highest BCUT2D eigenvalue weighted by atomic mass is 32.1. The first-order chi connectivity index (χ1) is 7.48. The molecule has 0 bridgehead atoms. The van der Waals surface area contributed by atoms with Crippen molar-refractivity contribution in [1.82, 2.24) is 5.32 Å². The molecule has 0 aliphatic heterocycles. The molecule has 0 saturated heterocycles. The van der Waals surface area contributed by atoms with Crippen LogP contribution in [0.4, 0.5) is 0 Å². The molecule has 0 saturated carbocycles. The first-order valence-corrected chi connectivity index (χ1v) is 6.10. The second-order valence-corrected chi connectivity index (χ2v) is 5.31. The van der Waals surface area contributed by atoms with E-state index in [9.17, 15) is 4.79 Å². The van der Waals surface area contributed by atoms with Gasteiger partial charge in [-0.15, -0.1) is 11.3 Å². The normalized spacial score (nSPS) is 14.2. The Hall–Kier alpha value is -1.34. The minimum Gasteiger partial charge on any atom is -0.338 e. The van der Waals surface area contributed by atoms with Crippen LogP contribution in [-0.2, 0) is 11.2 Å². The van der Waals surface area contributed by atoms with Gasteiger partial charge in [0.05, 0.1) is 12.5 Å². The van der Waals surface area contributed by atoms with Crippen LogP contribution in [0.25, 0.3) is 0 Å². The topological polar surface area (TPSA) is 52.9 Å². The molecular weight excluding hydrogens is 220 g/mol. The summed E-state index contributed by atoms with van der Waals surface area (Å²) in [7, 11) is 0. The monoisotopic (exact) mass is 236 g/mol. The first kappa shape index (κ1) is 12.7. The highest BCUT2D eigenvalue weighted by Crippen LogP contribution is 2.16. The fourth-order valence-corrected chi connectivity index (χ4v) is 1.91. The predicted octanol–water partition coefficient (Wildman–Crippen LogP) is 2.35. The lowest BCUT2D eigenvalue weighted by molar-refractivity contribution is -0.122. The van der Waals surface area contributed by atoms with Crippen LogP contribution < -0.4 is 5.32 Å². The summed E-state index contributed by atoms with van der Waals surface area (Å²) in [6.45, 7) is 5.60. The highest BCUT2D eigenvalue weighted by molar-refractivity contribution is 7.10. The van der Waals surface area contributed by atoms with Crippen molar-refractivity contribution in [3.8, 4) is 6.07 Å². The van der Waals surface area contributed by atoms with Crippen molar-refractivity contribution in [2.75, 3.05) is 0 Å². The second-order valence-electron chi connectivity index (χ2n) is 4.27. The molecule has 1 atom stereocenters. The van der Waals surface area contributed by atoms with Crippen LogP contribution in [0, 0.1) is 17.2 Å². The summed E-state index contributed by atoms with van der Waals surface area (Å²) >= 11 is 1.55. The van der Waals surface area contributed by atoms with Gasteiger partial charge >= 0.3 is 0 Å². The highest BCUT2D eigenvalue weighted by Gasteiger charge is 2.29. The Balaban J connectivity index is 2.61. The van der Waals surface area contributed by atoms with Crippen LogP contribution in [0.3, 0.4) is 0 Å². The molecule has 16 heavy (non-hydrogen) atoms. The zero-order chi connectivity index (χ0) is 12.2. The lowest BCUT2D eigenvalue weighted by Gasteiger charge is -2.27. The average Bonchev–Trinajstić information content (AvgIpc) is 2.69. The number of carbonyl (C=O) groups excluding carboxylic acids is 1. The van der Waals surface area contributed by atoms with E-state index in [0.29, 0.717) is 6.42 Å². The van der Waals surface area contributed by atoms with Gasteiger partial charge in [0.25, 0.3) is 0 Å². The molecule has 1 aromatic rings. The van der Waals surface area contributed by atoms with E-state index in [4.69, 9.17) is 5.26 Å². The van der Waals surface area contributed by atoms with Gasteiger partial charge in [0.2, 0.25) is 5.91 Å². The van der Waals surface area contributed by atoms with Crippen molar-refractivity contribution in [2.24, 2.45) is 5.92 Å². The van der Waals surface area contributed by atoms with E-state index in [2.05, 4.69) is 11.4 Å². The largest absolute Gasteiger partial charge is 0.338 e. The van der Waals surface area contributed by atoms with Crippen LogP contribution >= 0.6 is 11.3 Å². The average molecular weight is 236 g/mol. The SMILES string of the molecule is CC(C)[C@@](C)(C#N)NC(=O)Cc1cccs1. The Labute approximate surface area is 100 Å². The van der Waals surface area contributed by atoms with Gasteiger partial charge in [-0.2, -0.15) is 5.26 Å². The molecule has 1 rings (SSSR count). The van der Waals surface area contributed by atoms with Crippen LogP contribution in [0.15, 0.2) is 17.5 Å². The van der Waals surface area contributed by atoms with E-state index in [1.807, 2.05) is 31.4 Å². The second kappa shape index (κ2) is 5.13. The Kier molecular flexibility index (Phi) is 4.08. The van der Waals surface area contributed by atoms with Gasteiger partial charge in [-0.3, -0.25) is 4.79 Å². The number of carbonyl (C=O) groups is 1. The zero-order valence-electron chi connectivity index (χ0n) is 9.78. The molecule has 0 radical (unpaired) electrons. The molecule has 4 heteroatoms. The first-order valence-electron chi connectivity index (χ1n) is 5.22.